The van der Waals surface area contributed by atoms with Crippen molar-refractivity contribution in [3.05, 3.63) is 29.3 Å². The minimum Gasteiger partial charge on any atom is -0.362 e. The van der Waals surface area contributed by atoms with Crippen molar-refractivity contribution in [3.8, 4) is 0 Å². The van der Waals surface area contributed by atoms with Crippen molar-refractivity contribution in [2.75, 3.05) is 25.0 Å². The predicted molar refractivity (Wildman–Crippen MR) is 73.6 cm³/mol. The Morgan fingerprint density at radius 1 is 1.56 bits per heavy atom. The van der Waals surface area contributed by atoms with E-state index in [1.807, 2.05) is 6.92 Å². The topological polar surface area (TPSA) is 58.4 Å². The van der Waals surface area contributed by atoms with Crippen LogP contribution in [0.1, 0.15) is 30.5 Å². The zero-order valence-corrected chi connectivity index (χ0v) is 11.1. The van der Waals surface area contributed by atoms with Crippen LogP contribution in [0.2, 0.25) is 0 Å². The monoisotopic (exact) mass is 247 g/mol. The van der Waals surface area contributed by atoms with Crippen LogP contribution in [0, 0.1) is 0 Å². The van der Waals surface area contributed by atoms with E-state index in [1.54, 1.807) is 7.05 Å². The van der Waals surface area contributed by atoms with Crippen LogP contribution in [0.25, 0.3) is 0 Å². The Labute approximate surface area is 108 Å². The van der Waals surface area contributed by atoms with Crippen LogP contribution in [0.5, 0.6) is 0 Å². The second kappa shape index (κ2) is 5.40. The summed E-state index contributed by atoms with van der Waals surface area (Å²) in [4.78, 5) is 13.6. The number of nitrogens with two attached hydrogens (primary N) is 1. The molecule has 0 spiro atoms. The fourth-order valence-corrected chi connectivity index (χ4v) is 2.39. The molecule has 0 radical (unpaired) electrons. The summed E-state index contributed by atoms with van der Waals surface area (Å²) in [6.45, 7) is 3.37. The maximum Gasteiger partial charge on any atom is 0.239 e. The number of fused-ring (bicyclic) bond motifs is 1. The molecule has 3 N–H and O–H groups in total. The normalized spacial score (nSPS) is 16.1. The first-order valence-electron chi connectivity index (χ1n) is 6.45. The molecule has 2 rings (SSSR count). The summed E-state index contributed by atoms with van der Waals surface area (Å²) in [5.74, 6) is 0.0547. The molecule has 0 saturated carbocycles. The van der Waals surface area contributed by atoms with Gasteiger partial charge in [0.15, 0.2) is 0 Å². The fraction of sp³-hybridized carbons (Fsp3) is 0.500. The quantitative estimate of drug-likeness (QED) is 0.844. The Morgan fingerprint density at radius 2 is 2.33 bits per heavy atom. The van der Waals surface area contributed by atoms with Crippen LogP contribution in [0.15, 0.2) is 18.2 Å². The summed E-state index contributed by atoms with van der Waals surface area (Å²) < 4.78 is 0. The Balaban J connectivity index is 2.24. The van der Waals surface area contributed by atoms with E-state index in [4.69, 9.17) is 5.73 Å². The predicted octanol–water partition coefficient (Wildman–Crippen LogP) is 1.20. The lowest BCUT2D eigenvalue weighted by Gasteiger charge is -2.31. The Kier molecular flexibility index (Phi) is 3.87. The first-order chi connectivity index (χ1) is 8.61. The number of rotatable bonds is 3. The molecule has 0 aromatic heterocycles. The lowest BCUT2D eigenvalue weighted by Crippen LogP contribution is -2.38. The van der Waals surface area contributed by atoms with Gasteiger partial charge in [-0.2, -0.15) is 0 Å². The summed E-state index contributed by atoms with van der Waals surface area (Å²) in [6.07, 6.45) is 2.16. The average molecular weight is 247 g/mol. The summed E-state index contributed by atoms with van der Waals surface area (Å²) >= 11 is 0. The molecule has 4 nitrogen and oxygen atoms in total. The summed E-state index contributed by atoms with van der Waals surface area (Å²) in [7, 11) is 1.67. The number of benzene rings is 1. The van der Waals surface area contributed by atoms with Gasteiger partial charge in [-0.3, -0.25) is 4.79 Å². The molecule has 1 aliphatic heterocycles. The summed E-state index contributed by atoms with van der Waals surface area (Å²) in [5, 5.41) is 2.67. The molecule has 1 unspecified atom stereocenters. The Morgan fingerprint density at radius 3 is 3.00 bits per heavy atom. The van der Waals surface area contributed by atoms with Gasteiger partial charge in [0.25, 0.3) is 0 Å². The number of carbonyl (C=O) groups excluding carboxylic acids is 1. The molecular formula is C14H21N3O. The molecule has 0 saturated heterocycles. The van der Waals surface area contributed by atoms with E-state index in [1.165, 1.54) is 11.3 Å². The van der Waals surface area contributed by atoms with Gasteiger partial charge in [-0.25, -0.2) is 0 Å². The number of amides is 1. The van der Waals surface area contributed by atoms with Crippen molar-refractivity contribution < 1.29 is 4.79 Å². The Hall–Kier alpha value is -1.55. The molecule has 0 aliphatic carbocycles. The number of hydrogen-bond acceptors (Lipinski definition) is 3. The van der Waals surface area contributed by atoms with E-state index < -0.39 is 0 Å². The van der Waals surface area contributed by atoms with Gasteiger partial charge in [-0.05, 0) is 37.0 Å². The van der Waals surface area contributed by atoms with Gasteiger partial charge >= 0.3 is 0 Å². The summed E-state index contributed by atoms with van der Waals surface area (Å²) in [6, 6.07) is 6.39. The number of likely N-dealkylation sites (N-methyl/N-ethyl adjacent to an activating group) is 1. The van der Waals surface area contributed by atoms with Crippen LogP contribution in [0.3, 0.4) is 0 Å². The van der Waals surface area contributed by atoms with Crippen LogP contribution in [-0.2, 0) is 11.2 Å². The Bertz CT molecular complexity index is 443. The molecule has 1 aromatic carbocycles. The number of aryl methyl sites for hydroxylation is 1. The van der Waals surface area contributed by atoms with Gasteiger partial charge in [0.1, 0.15) is 0 Å². The van der Waals surface area contributed by atoms with Crippen LogP contribution in [-0.4, -0.2) is 26.0 Å². The number of nitrogens with zero attached hydrogens (tertiary/aromatic N) is 1. The maximum atomic E-state index is 11.5. The van der Waals surface area contributed by atoms with Crippen LogP contribution in [0.4, 0.5) is 5.69 Å². The molecule has 1 atom stereocenters. The van der Waals surface area contributed by atoms with E-state index in [2.05, 4.69) is 28.4 Å². The third-order valence-corrected chi connectivity index (χ3v) is 3.46. The molecule has 1 heterocycles. The van der Waals surface area contributed by atoms with Gasteiger partial charge in [0, 0.05) is 25.3 Å². The number of carbonyl (C=O) groups is 1. The van der Waals surface area contributed by atoms with Crippen molar-refractivity contribution in [2.24, 2.45) is 5.73 Å². The van der Waals surface area contributed by atoms with Crippen molar-refractivity contribution in [1.82, 2.24) is 5.32 Å². The second-order valence-electron chi connectivity index (χ2n) is 4.88. The first-order valence-corrected chi connectivity index (χ1v) is 6.45. The SMILES string of the molecule is CNC(=O)CN1CCCc2cc(C(C)N)ccc21. The van der Waals surface area contributed by atoms with E-state index in [9.17, 15) is 4.79 Å². The number of hydrogen-bond donors (Lipinski definition) is 2. The van der Waals surface area contributed by atoms with E-state index in [0.29, 0.717) is 6.54 Å². The molecule has 0 bridgehead atoms. The smallest absolute Gasteiger partial charge is 0.239 e. The molecule has 4 heteroatoms. The van der Waals surface area contributed by atoms with Gasteiger partial charge in [-0.1, -0.05) is 12.1 Å². The van der Waals surface area contributed by atoms with E-state index in [0.717, 1.165) is 24.9 Å². The van der Waals surface area contributed by atoms with Crippen molar-refractivity contribution in [2.45, 2.75) is 25.8 Å². The van der Waals surface area contributed by atoms with Crippen LogP contribution >= 0.6 is 0 Å². The largest absolute Gasteiger partial charge is 0.362 e. The fourth-order valence-electron chi connectivity index (χ4n) is 2.39. The zero-order valence-electron chi connectivity index (χ0n) is 11.1. The molecule has 1 aromatic rings. The average Bonchev–Trinajstić information content (AvgIpc) is 2.38. The summed E-state index contributed by atoms with van der Waals surface area (Å²) in [5.41, 5.74) is 9.55. The molecule has 98 valence electrons. The van der Waals surface area contributed by atoms with E-state index in [-0.39, 0.29) is 11.9 Å². The maximum absolute atomic E-state index is 11.5. The molecule has 18 heavy (non-hydrogen) atoms. The second-order valence-corrected chi connectivity index (χ2v) is 4.88. The highest BCUT2D eigenvalue weighted by molar-refractivity contribution is 5.81. The van der Waals surface area contributed by atoms with Gasteiger partial charge in [-0.15, -0.1) is 0 Å². The number of anilines is 1. The van der Waals surface area contributed by atoms with Gasteiger partial charge < -0.3 is 16.0 Å². The number of nitrogens with one attached hydrogen (secondary N) is 1. The van der Waals surface area contributed by atoms with Crippen molar-refractivity contribution >= 4 is 11.6 Å². The molecule has 1 amide bonds. The van der Waals surface area contributed by atoms with Crippen molar-refractivity contribution in [1.29, 1.82) is 0 Å². The highest BCUT2D eigenvalue weighted by atomic mass is 16.1. The molecular weight excluding hydrogens is 226 g/mol. The molecule has 1 aliphatic rings. The lowest BCUT2D eigenvalue weighted by atomic mass is 9.97. The lowest BCUT2D eigenvalue weighted by molar-refractivity contribution is -0.119. The highest BCUT2D eigenvalue weighted by Crippen LogP contribution is 2.29. The first kappa shape index (κ1) is 12.9. The van der Waals surface area contributed by atoms with E-state index >= 15 is 0 Å². The zero-order chi connectivity index (χ0) is 13.1. The standard InChI is InChI=1S/C14H21N3O/c1-10(15)11-5-6-13-12(8-11)4-3-7-17(13)9-14(18)16-2/h5-6,8,10H,3-4,7,9,15H2,1-2H3,(H,16,18). The third kappa shape index (κ3) is 2.64. The van der Waals surface area contributed by atoms with Gasteiger partial charge in [0.2, 0.25) is 5.91 Å². The van der Waals surface area contributed by atoms with Gasteiger partial charge in [0.05, 0.1) is 6.54 Å². The molecule has 0 fully saturated rings. The highest BCUT2D eigenvalue weighted by Gasteiger charge is 2.19. The minimum absolute atomic E-state index is 0.0547. The third-order valence-electron chi connectivity index (χ3n) is 3.46. The van der Waals surface area contributed by atoms with Crippen molar-refractivity contribution in [3.63, 3.8) is 0 Å². The minimum atomic E-state index is 0.0547. The van der Waals surface area contributed by atoms with Crippen LogP contribution < -0.4 is 16.0 Å².